The van der Waals surface area contributed by atoms with Crippen molar-refractivity contribution >= 4 is 23.2 Å². The van der Waals surface area contributed by atoms with Crippen molar-refractivity contribution in [3.05, 3.63) is 64.7 Å². The highest BCUT2D eigenvalue weighted by molar-refractivity contribution is 6.34. The van der Waals surface area contributed by atoms with Gasteiger partial charge < -0.3 is 10.0 Å². The van der Waals surface area contributed by atoms with Crippen molar-refractivity contribution in [3.63, 3.8) is 0 Å². The minimum atomic E-state index is -1.15. The number of rotatable bonds is 4. The summed E-state index contributed by atoms with van der Waals surface area (Å²) in [6, 6.07) is 10.1. The minimum absolute atomic E-state index is 0.0121. The maximum Gasteiger partial charge on any atom is 0.259 e. The highest BCUT2D eigenvalue weighted by atomic mass is 35.5. The predicted molar refractivity (Wildman–Crippen MR) is 76.6 cm³/mol. The standard InChI is InChI=1S/C15H12ClF2NO2/c16-12-9-14(18)13(17)8-11(12)15(21)19(6-7-20)10-4-2-1-3-5-10/h1-5,8-9,20H,6-7H2. The Hall–Kier alpha value is -1.98. The van der Waals surface area contributed by atoms with Gasteiger partial charge >= 0.3 is 0 Å². The van der Waals surface area contributed by atoms with Gasteiger partial charge in [0, 0.05) is 12.2 Å². The topological polar surface area (TPSA) is 40.5 Å². The summed E-state index contributed by atoms with van der Waals surface area (Å²) in [4.78, 5) is 13.7. The van der Waals surface area contributed by atoms with E-state index in [1.807, 2.05) is 0 Å². The van der Waals surface area contributed by atoms with Crippen LogP contribution in [0, 0.1) is 11.6 Å². The zero-order valence-corrected chi connectivity index (χ0v) is 11.6. The van der Waals surface area contributed by atoms with Crippen LogP contribution in [0.5, 0.6) is 0 Å². The Morgan fingerprint density at radius 2 is 1.76 bits per heavy atom. The third kappa shape index (κ3) is 3.37. The molecule has 6 heteroatoms. The summed E-state index contributed by atoms with van der Waals surface area (Å²) < 4.78 is 26.4. The highest BCUT2D eigenvalue weighted by Crippen LogP contribution is 2.24. The molecule has 3 nitrogen and oxygen atoms in total. The Labute approximate surface area is 125 Å². The zero-order valence-electron chi connectivity index (χ0n) is 10.9. The number of carbonyl (C=O) groups excluding carboxylic acids is 1. The quantitative estimate of drug-likeness (QED) is 0.881. The number of hydrogen-bond donors (Lipinski definition) is 1. The zero-order chi connectivity index (χ0) is 15.4. The average Bonchev–Trinajstić information content (AvgIpc) is 2.49. The number of halogens is 3. The first-order valence-corrected chi connectivity index (χ1v) is 6.54. The lowest BCUT2D eigenvalue weighted by Gasteiger charge is -2.22. The van der Waals surface area contributed by atoms with Gasteiger partial charge in [-0.25, -0.2) is 8.78 Å². The summed E-state index contributed by atoms with van der Waals surface area (Å²) in [5.74, 6) is -2.89. The number of benzene rings is 2. The second-order valence-corrected chi connectivity index (χ2v) is 4.67. The van der Waals surface area contributed by atoms with Gasteiger partial charge in [-0.3, -0.25) is 4.79 Å². The van der Waals surface area contributed by atoms with Gasteiger partial charge in [-0.2, -0.15) is 0 Å². The van der Waals surface area contributed by atoms with Gasteiger partial charge in [0.2, 0.25) is 0 Å². The number of anilines is 1. The molecule has 0 atom stereocenters. The lowest BCUT2D eigenvalue weighted by molar-refractivity contribution is 0.0980. The number of aliphatic hydroxyl groups excluding tert-OH is 1. The van der Waals surface area contributed by atoms with Crippen LogP contribution >= 0.6 is 11.6 Å². The van der Waals surface area contributed by atoms with Crippen molar-refractivity contribution < 1.29 is 18.7 Å². The Morgan fingerprint density at radius 1 is 1.14 bits per heavy atom. The Morgan fingerprint density at radius 3 is 2.38 bits per heavy atom. The maximum absolute atomic E-state index is 13.3. The second-order valence-electron chi connectivity index (χ2n) is 4.26. The third-order valence-corrected chi connectivity index (χ3v) is 3.19. The van der Waals surface area contributed by atoms with Crippen molar-refractivity contribution in [1.82, 2.24) is 0 Å². The van der Waals surface area contributed by atoms with E-state index < -0.39 is 17.5 Å². The summed E-state index contributed by atoms with van der Waals surface area (Å²) in [6.07, 6.45) is 0. The van der Waals surface area contributed by atoms with Gasteiger partial charge in [-0.1, -0.05) is 29.8 Å². The molecule has 0 radical (unpaired) electrons. The van der Waals surface area contributed by atoms with Crippen LogP contribution in [0.4, 0.5) is 14.5 Å². The van der Waals surface area contributed by atoms with Gasteiger partial charge in [0.05, 0.1) is 17.2 Å². The lowest BCUT2D eigenvalue weighted by atomic mass is 10.1. The van der Waals surface area contributed by atoms with Crippen LogP contribution < -0.4 is 4.90 Å². The smallest absolute Gasteiger partial charge is 0.259 e. The molecule has 0 aliphatic rings. The Kier molecular flexibility index (Phi) is 4.88. The molecule has 0 bridgehead atoms. The van der Waals surface area contributed by atoms with Crippen molar-refractivity contribution in [2.75, 3.05) is 18.1 Å². The van der Waals surface area contributed by atoms with Gasteiger partial charge in [0.15, 0.2) is 11.6 Å². The molecular weight excluding hydrogens is 300 g/mol. The molecule has 1 amide bonds. The first-order valence-electron chi connectivity index (χ1n) is 6.17. The summed E-state index contributed by atoms with van der Waals surface area (Å²) in [5.41, 5.74) is 0.366. The molecule has 0 saturated carbocycles. The number of aliphatic hydroxyl groups is 1. The minimum Gasteiger partial charge on any atom is -0.395 e. The van der Waals surface area contributed by atoms with E-state index in [4.69, 9.17) is 16.7 Å². The van der Waals surface area contributed by atoms with Crippen molar-refractivity contribution in [3.8, 4) is 0 Å². The fourth-order valence-electron chi connectivity index (χ4n) is 1.89. The van der Waals surface area contributed by atoms with Gasteiger partial charge in [-0.15, -0.1) is 0 Å². The molecule has 0 fully saturated rings. The molecular formula is C15H12ClF2NO2. The first kappa shape index (κ1) is 15.4. The molecule has 1 N–H and O–H groups in total. The summed E-state index contributed by atoms with van der Waals surface area (Å²) in [6.45, 7) is -0.264. The van der Waals surface area contributed by atoms with Crippen LogP contribution in [0.15, 0.2) is 42.5 Å². The van der Waals surface area contributed by atoms with Gasteiger partial charge in [0.1, 0.15) is 0 Å². The van der Waals surface area contributed by atoms with E-state index in [9.17, 15) is 13.6 Å². The Bertz CT molecular complexity index is 650. The molecule has 2 aromatic carbocycles. The van der Waals surface area contributed by atoms with E-state index in [1.165, 1.54) is 4.90 Å². The number of para-hydroxylation sites is 1. The van der Waals surface area contributed by atoms with Crippen LogP contribution in [0.2, 0.25) is 5.02 Å². The summed E-state index contributed by atoms with van der Waals surface area (Å²) in [5, 5.41) is 8.92. The molecule has 21 heavy (non-hydrogen) atoms. The molecule has 0 unspecified atom stereocenters. The van der Waals surface area contributed by atoms with Crippen molar-refractivity contribution in [2.24, 2.45) is 0 Å². The van der Waals surface area contributed by atoms with Crippen LogP contribution in [0.1, 0.15) is 10.4 Å². The van der Waals surface area contributed by atoms with Crippen LogP contribution in [0.25, 0.3) is 0 Å². The van der Waals surface area contributed by atoms with E-state index in [1.54, 1.807) is 30.3 Å². The third-order valence-electron chi connectivity index (χ3n) is 2.88. The number of hydrogen-bond acceptors (Lipinski definition) is 2. The van der Waals surface area contributed by atoms with E-state index >= 15 is 0 Å². The molecule has 0 spiro atoms. The molecule has 0 saturated heterocycles. The van der Waals surface area contributed by atoms with E-state index in [0.717, 1.165) is 12.1 Å². The molecule has 0 aliphatic heterocycles. The first-order chi connectivity index (χ1) is 10.0. The number of nitrogens with zero attached hydrogens (tertiary/aromatic N) is 1. The predicted octanol–water partition coefficient (Wildman–Crippen LogP) is 3.26. The van der Waals surface area contributed by atoms with Crippen LogP contribution in [-0.4, -0.2) is 24.2 Å². The average molecular weight is 312 g/mol. The fourth-order valence-corrected chi connectivity index (χ4v) is 2.12. The van der Waals surface area contributed by atoms with Gasteiger partial charge in [0.25, 0.3) is 5.91 Å². The molecule has 110 valence electrons. The van der Waals surface area contributed by atoms with Crippen LogP contribution in [-0.2, 0) is 0 Å². The van der Waals surface area contributed by atoms with E-state index in [2.05, 4.69) is 0 Å². The SMILES string of the molecule is O=C(c1cc(F)c(F)cc1Cl)N(CCO)c1ccccc1. The monoisotopic (exact) mass is 311 g/mol. The van der Waals surface area contributed by atoms with E-state index in [0.29, 0.717) is 5.69 Å². The fraction of sp³-hybridized carbons (Fsp3) is 0.133. The Balaban J connectivity index is 2.42. The van der Waals surface area contributed by atoms with Crippen LogP contribution in [0.3, 0.4) is 0 Å². The summed E-state index contributed by atoms with van der Waals surface area (Å²) >= 11 is 5.81. The molecule has 0 aliphatic carbocycles. The molecule has 2 aromatic rings. The molecule has 0 heterocycles. The maximum atomic E-state index is 13.3. The van der Waals surface area contributed by atoms with Crippen molar-refractivity contribution in [1.29, 1.82) is 0 Å². The second kappa shape index (κ2) is 6.65. The highest BCUT2D eigenvalue weighted by Gasteiger charge is 2.21. The van der Waals surface area contributed by atoms with Crippen molar-refractivity contribution in [2.45, 2.75) is 0 Å². The molecule has 0 aromatic heterocycles. The normalized spacial score (nSPS) is 10.5. The largest absolute Gasteiger partial charge is 0.395 e. The van der Waals surface area contributed by atoms with Gasteiger partial charge in [-0.05, 0) is 24.3 Å². The molecule has 2 rings (SSSR count). The lowest BCUT2D eigenvalue weighted by Crippen LogP contribution is -2.33. The summed E-state index contributed by atoms with van der Waals surface area (Å²) in [7, 11) is 0. The number of carbonyl (C=O) groups is 1. The number of amides is 1. The van der Waals surface area contributed by atoms with E-state index in [-0.39, 0.29) is 23.7 Å².